The van der Waals surface area contributed by atoms with Crippen molar-refractivity contribution in [1.82, 2.24) is 5.32 Å². The van der Waals surface area contributed by atoms with Gasteiger partial charge >= 0.3 is 0 Å². The maximum absolute atomic E-state index is 12.4. The lowest BCUT2D eigenvalue weighted by Gasteiger charge is -2.38. The van der Waals surface area contributed by atoms with Gasteiger partial charge in [0.15, 0.2) is 6.61 Å². The van der Waals surface area contributed by atoms with E-state index in [4.69, 9.17) is 21.1 Å². The molecule has 1 atom stereocenters. The highest BCUT2D eigenvalue weighted by atomic mass is 79.9. The van der Waals surface area contributed by atoms with Crippen molar-refractivity contribution in [2.24, 2.45) is 0 Å². The number of rotatable bonds is 4. The summed E-state index contributed by atoms with van der Waals surface area (Å²) in [6.07, 6.45) is 0.694. The summed E-state index contributed by atoms with van der Waals surface area (Å²) in [5.41, 5.74) is 1.78. The standard InChI is InChI=1S/C20H21BrClNO3/c1-12-4-6-14-16(10-20(2,3)26-18(14)8-12)23-19(24)11-25-17-7-5-13(22)9-15(17)21/h4-9,16H,10-11H2,1-3H3,(H,23,24). The normalized spacial score (nSPS) is 17.8. The van der Waals surface area contributed by atoms with Crippen LogP contribution in [0.3, 0.4) is 0 Å². The van der Waals surface area contributed by atoms with Gasteiger partial charge in [-0.3, -0.25) is 4.79 Å². The van der Waals surface area contributed by atoms with Crippen LogP contribution in [0.25, 0.3) is 0 Å². The maximum atomic E-state index is 12.4. The van der Waals surface area contributed by atoms with Crippen molar-refractivity contribution >= 4 is 33.4 Å². The molecule has 1 aliphatic rings. The molecule has 1 amide bonds. The number of benzene rings is 2. The zero-order chi connectivity index (χ0) is 18.9. The van der Waals surface area contributed by atoms with Crippen molar-refractivity contribution in [3.63, 3.8) is 0 Å². The molecule has 0 fully saturated rings. The van der Waals surface area contributed by atoms with Gasteiger partial charge in [-0.1, -0.05) is 23.7 Å². The molecule has 0 bridgehead atoms. The summed E-state index contributed by atoms with van der Waals surface area (Å²) < 4.78 is 12.4. The molecule has 1 unspecified atom stereocenters. The SMILES string of the molecule is Cc1ccc2c(c1)OC(C)(C)CC2NC(=O)COc1ccc(Cl)cc1Br. The first-order chi connectivity index (χ1) is 12.2. The second-order valence-electron chi connectivity index (χ2n) is 7.09. The molecule has 1 heterocycles. The molecular weight excluding hydrogens is 418 g/mol. The minimum absolute atomic E-state index is 0.0702. The van der Waals surface area contributed by atoms with E-state index >= 15 is 0 Å². The number of amides is 1. The molecule has 0 radical (unpaired) electrons. The zero-order valence-corrected chi connectivity index (χ0v) is 17.3. The Bertz CT molecular complexity index is 838. The van der Waals surface area contributed by atoms with Crippen molar-refractivity contribution < 1.29 is 14.3 Å². The first-order valence-corrected chi connectivity index (χ1v) is 9.57. The third-order valence-corrected chi connectivity index (χ3v) is 5.07. The van der Waals surface area contributed by atoms with Crippen LogP contribution in [0.4, 0.5) is 0 Å². The highest BCUT2D eigenvalue weighted by Gasteiger charge is 2.34. The van der Waals surface area contributed by atoms with Gasteiger partial charge in [-0.25, -0.2) is 0 Å². The van der Waals surface area contributed by atoms with Crippen molar-refractivity contribution in [3.05, 3.63) is 57.0 Å². The molecule has 4 nitrogen and oxygen atoms in total. The van der Waals surface area contributed by atoms with Gasteiger partial charge in [-0.15, -0.1) is 0 Å². The van der Waals surface area contributed by atoms with E-state index in [1.807, 2.05) is 39.0 Å². The predicted octanol–water partition coefficient (Wildman–Crippen LogP) is 5.21. The smallest absolute Gasteiger partial charge is 0.258 e. The number of ether oxygens (including phenoxy) is 2. The summed E-state index contributed by atoms with van der Waals surface area (Å²) in [5.74, 6) is 1.22. The van der Waals surface area contributed by atoms with E-state index in [1.54, 1.807) is 18.2 Å². The largest absolute Gasteiger partial charge is 0.487 e. The van der Waals surface area contributed by atoms with Gasteiger partial charge in [0, 0.05) is 17.0 Å². The van der Waals surface area contributed by atoms with Crippen molar-refractivity contribution in [1.29, 1.82) is 0 Å². The molecule has 0 spiro atoms. The molecule has 0 aromatic heterocycles. The van der Waals surface area contributed by atoms with Crippen LogP contribution in [0.15, 0.2) is 40.9 Å². The van der Waals surface area contributed by atoms with E-state index in [0.717, 1.165) is 16.9 Å². The number of nitrogens with one attached hydrogen (secondary N) is 1. The monoisotopic (exact) mass is 437 g/mol. The highest BCUT2D eigenvalue weighted by Crippen LogP contribution is 2.39. The Kier molecular flexibility index (Phi) is 5.49. The molecule has 2 aromatic carbocycles. The van der Waals surface area contributed by atoms with Crippen molar-refractivity contribution in [2.45, 2.75) is 38.8 Å². The van der Waals surface area contributed by atoms with Gasteiger partial charge in [-0.2, -0.15) is 0 Å². The van der Waals surface area contributed by atoms with E-state index in [1.165, 1.54) is 0 Å². The maximum Gasteiger partial charge on any atom is 0.258 e. The molecule has 3 rings (SSSR count). The van der Waals surface area contributed by atoms with Crippen molar-refractivity contribution in [2.75, 3.05) is 6.61 Å². The Labute approximate surface area is 167 Å². The van der Waals surface area contributed by atoms with Crippen LogP contribution in [0, 0.1) is 6.92 Å². The summed E-state index contributed by atoms with van der Waals surface area (Å²) in [7, 11) is 0. The third kappa shape index (κ3) is 4.51. The lowest BCUT2D eigenvalue weighted by molar-refractivity contribution is -0.124. The van der Waals surface area contributed by atoms with Gasteiger partial charge < -0.3 is 14.8 Å². The fourth-order valence-corrected chi connectivity index (χ4v) is 3.86. The summed E-state index contributed by atoms with van der Waals surface area (Å²) in [5, 5.41) is 3.67. The minimum atomic E-state index is -0.348. The summed E-state index contributed by atoms with van der Waals surface area (Å²) >= 11 is 9.30. The van der Waals surface area contributed by atoms with Gasteiger partial charge in [0.1, 0.15) is 17.1 Å². The van der Waals surface area contributed by atoms with E-state index in [-0.39, 0.29) is 24.2 Å². The summed E-state index contributed by atoms with van der Waals surface area (Å²) in [4.78, 5) is 12.4. The Morgan fingerprint density at radius 2 is 2.12 bits per heavy atom. The number of aryl methyl sites for hydroxylation is 1. The lowest BCUT2D eigenvalue weighted by atomic mass is 9.89. The second kappa shape index (κ2) is 7.49. The van der Waals surface area contributed by atoms with E-state index in [2.05, 4.69) is 21.2 Å². The van der Waals surface area contributed by atoms with Crippen molar-refractivity contribution in [3.8, 4) is 11.5 Å². The molecule has 6 heteroatoms. The fourth-order valence-electron chi connectivity index (χ4n) is 3.06. The molecule has 1 N–H and O–H groups in total. The predicted molar refractivity (Wildman–Crippen MR) is 106 cm³/mol. The van der Waals surface area contributed by atoms with E-state index in [0.29, 0.717) is 21.7 Å². The molecule has 0 saturated carbocycles. The number of hydrogen-bond acceptors (Lipinski definition) is 3. The van der Waals surface area contributed by atoms with Crippen LogP contribution in [-0.4, -0.2) is 18.1 Å². The average molecular weight is 439 g/mol. The Morgan fingerprint density at radius 3 is 2.85 bits per heavy atom. The van der Waals surface area contributed by atoms with Crippen LogP contribution in [-0.2, 0) is 4.79 Å². The van der Waals surface area contributed by atoms with E-state index < -0.39 is 0 Å². The average Bonchev–Trinajstić information content (AvgIpc) is 2.52. The third-order valence-electron chi connectivity index (χ3n) is 4.21. The van der Waals surface area contributed by atoms with Gasteiger partial charge in [0.25, 0.3) is 5.91 Å². The van der Waals surface area contributed by atoms with Gasteiger partial charge in [-0.05, 0) is 66.5 Å². The van der Waals surface area contributed by atoms with Gasteiger partial charge in [0.05, 0.1) is 10.5 Å². The lowest BCUT2D eigenvalue weighted by Crippen LogP contribution is -2.42. The quantitative estimate of drug-likeness (QED) is 0.713. The number of halogens is 2. The molecular formula is C20H21BrClNO3. The second-order valence-corrected chi connectivity index (χ2v) is 8.38. The molecule has 26 heavy (non-hydrogen) atoms. The first-order valence-electron chi connectivity index (χ1n) is 8.40. The minimum Gasteiger partial charge on any atom is -0.487 e. The zero-order valence-electron chi connectivity index (χ0n) is 14.9. The van der Waals surface area contributed by atoms with Crippen LogP contribution < -0.4 is 14.8 Å². The molecule has 0 aliphatic carbocycles. The van der Waals surface area contributed by atoms with Gasteiger partial charge in [0.2, 0.25) is 0 Å². The summed E-state index contributed by atoms with van der Waals surface area (Å²) in [6.45, 7) is 6.01. The fraction of sp³-hybridized carbons (Fsp3) is 0.350. The topological polar surface area (TPSA) is 47.6 Å². The summed E-state index contributed by atoms with van der Waals surface area (Å²) in [6, 6.07) is 11.1. The van der Waals surface area contributed by atoms with Crippen LogP contribution >= 0.6 is 27.5 Å². The Balaban J connectivity index is 1.69. The van der Waals surface area contributed by atoms with Crippen LogP contribution in [0.5, 0.6) is 11.5 Å². The van der Waals surface area contributed by atoms with E-state index in [9.17, 15) is 4.79 Å². The number of hydrogen-bond donors (Lipinski definition) is 1. The highest BCUT2D eigenvalue weighted by molar-refractivity contribution is 9.10. The molecule has 0 saturated heterocycles. The Hall–Kier alpha value is -1.72. The first kappa shape index (κ1) is 19.1. The molecule has 2 aromatic rings. The molecule has 138 valence electrons. The number of fused-ring (bicyclic) bond motifs is 1. The van der Waals surface area contributed by atoms with Crippen LogP contribution in [0.1, 0.15) is 37.4 Å². The molecule has 1 aliphatic heterocycles. The number of carbonyl (C=O) groups excluding carboxylic acids is 1. The number of carbonyl (C=O) groups is 1. The van der Waals surface area contributed by atoms with Crippen LogP contribution in [0.2, 0.25) is 5.02 Å². The Morgan fingerprint density at radius 1 is 1.35 bits per heavy atom.